The topological polar surface area (TPSA) is 145 Å². The van der Waals surface area contributed by atoms with Crippen molar-refractivity contribution in [1.29, 1.82) is 0 Å². The average molecular weight is 774 g/mol. The maximum Gasteiger partial charge on any atom is 0.328 e. The third-order valence-corrected chi connectivity index (χ3v) is 10.9. The molecule has 1 aliphatic heterocycles. The predicted molar refractivity (Wildman–Crippen MR) is 217 cm³/mol. The van der Waals surface area contributed by atoms with E-state index >= 15 is 0 Å². The molecule has 8 atom stereocenters. The van der Waals surface area contributed by atoms with E-state index in [2.05, 4.69) is 24.5 Å². The van der Waals surface area contributed by atoms with E-state index in [1.807, 2.05) is 82.2 Å². The summed E-state index contributed by atoms with van der Waals surface area (Å²) in [6.07, 6.45) is 1.27. The number of carbonyl (C=O) groups excluding carboxylic acids is 4. The highest BCUT2D eigenvalue weighted by Crippen LogP contribution is 2.30. The van der Waals surface area contributed by atoms with E-state index in [1.165, 1.54) is 7.11 Å². The molecule has 1 aromatic rings. The molecule has 0 aromatic heterocycles. The lowest BCUT2D eigenvalue weighted by molar-refractivity contribution is -0.148. The van der Waals surface area contributed by atoms with Crippen molar-refractivity contribution in [1.82, 2.24) is 30.2 Å². The van der Waals surface area contributed by atoms with Gasteiger partial charge in [0.05, 0.1) is 43.7 Å². The van der Waals surface area contributed by atoms with Gasteiger partial charge in [0, 0.05) is 68.5 Å². The van der Waals surface area contributed by atoms with Gasteiger partial charge in [0.15, 0.2) is 5.96 Å². The molecule has 1 aliphatic rings. The molecule has 0 bridgehead atoms. The molecule has 0 radical (unpaired) electrons. The van der Waals surface area contributed by atoms with Crippen LogP contribution in [0.15, 0.2) is 35.3 Å². The number of rotatable bonds is 21. The SMILES string of the molecule is CC[C@H](C)[C@@H]([C@@H](CC(=O)N1CCC[C@H]1[C@H](OC)[C@@H](C)C(=O)N[C@@H](Cc1ccccc1)C(=O)OC)OC)N(C)C(=O)[C@@H](/N=C(/N(C)C)N(C)CCNC)C(C)C. The normalized spacial score (nSPS) is 18.5. The number of benzene rings is 1. The zero-order chi connectivity index (χ0) is 41.4. The Bertz CT molecular complexity index is 1380. The third-order valence-electron chi connectivity index (χ3n) is 10.9. The van der Waals surface area contributed by atoms with Crippen LogP contribution in [-0.4, -0.2) is 162 Å². The quantitative estimate of drug-likeness (QED) is 0.109. The Balaban J connectivity index is 2.32. The molecule has 2 N–H and O–H groups in total. The minimum absolute atomic E-state index is 0.0126. The van der Waals surface area contributed by atoms with E-state index in [-0.39, 0.29) is 48.4 Å². The van der Waals surface area contributed by atoms with Crippen molar-refractivity contribution in [2.75, 3.05) is 76.2 Å². The van der Waals surface area contributed by atoms with Gasteiger partial charge in [0.1, 0.15) is 12.1 Å². The van der Waals surface area contributed by atoms with Crippen LogP contribution in [0.3, 0.4) is 0 Å². The number of likely N-dealkylation sites (N-methyl/N-ethyl adjacent to an activating group) is 3. The van der Waals surface area contributed by atoms with Crippen molar-refractivity contribution in [2.45, 2.75) is 103 Å². The fraction of sp³-hybridized carbons (Fsp3) is 0.732. The van der Waals surface area contributed by atoms with Crippen LogP contribution in [0.25, 0.3) is 0 Å². The summed E-state index contributed by atoms with van der Waals surface area (Å²) in [6, 6.07) is 7.12. The van der Waals surface area contributed by atoms with Gasteiger partial charge >= 0.3 is 5.97 Å². The summed E-state index contributed by atoms with van der Waals surface area (Å²) in [4.78, 5) is 67.5. The van der Waals surface area contributed by atoms with Gasteiger partial charge in [-0.25, -0.2) is 9.79 Å². The molecular formula is C41H71N7O7. The van der Waals surface area contributed by atoms with Crippen molar-refractivity contribution in [3.05, 3.63) is 35.9 Å². The number of likely N-dealkylation sites (tertiary alicyclic amines) is 1. The van der Waals surface area contributed by atoms with Crippen LogP contribution in [0.5, 0.6) is 0 Å². The Labute approximate surface area is 330 Å². The molecule has 2 rings (SSSR count). The van der Waals surface area contributed by atoms with Crippen molar-refractivity contribution in [2.24, 2.45) is 22.7 Å². The zero-order valence-corrected chi connectivity index (χ0v) is 35.8. The van der Waals surface area contributed by atoms with Crippen LogP contribution in [0, 0.1) is 17.8 Å². The van der Waals surface area contributed by atoms with E-state index < -0.39 is 42.2 Å². The number of hydrogen-bond acceptors (Lipinski definition) is 9. The van der Waals surface area contributed by atoms with E-state index in [0.717, 1.165) is 31.5 Å². The highest BCUT2D eigenvalue weighted by molar-refractivity contribution is 5.88. The predicted octanol–water partition coefficient (Wildman–Crippen LogP) is 2.90. The van der Waals surface area contributed by atoms with E-state index in [9.17, 15) is 19.2 Å². The van der Waals surface area contributed by atoms with Crippen molar-refractivity contribution in [3.8, 4) is 0 Å². The Morgan fingerprint density at radius 2 is 1.64 bits per heavy atom. The maximum absolute atomic E-state index is 14.4. The van der Waals surface area contributed by atoms with Crippen molar-refractivity contribution >= 4 is 29.7 Å². The number of ether oxygens (including phenoxy) is 3. The number of methoxy groups -OCH3 is 3. The van der Waals surface area contributed by atoms with Gasteiger partial charge in [-0.3, -0.25) is 14.4 Å². The smallest absolute Gasteiger partial charge is 0.328 e. The molecule has 1 fully saturated rings. The second-order valence-corrected chi connectivity index (χ2v) is 15.4. The average Bonchev–Trinajstić information content (AvgIpc) is 3.65. The van der Waals surface area contributed by atoms with E-state index in [4.69, 9.17) is 19.2 Å². The summed E-state index contributed by atoms with van der Waals surface area (Å²) < 4.78 is 17.0. The molecule has 0 saturated carbocycles. The molecule has 1 aromatic carbocycles. The molecule has 14 heteroatoms. The third kappa shape index (κ3) is 13.2. The summed E-state index contributed by atoms with van der Waals surface area (Å²) in [5.74, 6) is -1.21. The van der Waals surface area contributed by atoms with Crippen LogP contribution in [0.1, 0.15) is 65.9 Å². The van der Waals surface area contributed by atoms with Gasteiger partial charge in [0.25, 0.3) is 0 Å². The van der Waals surface area contributed by atoms with Crippen LogP contribution in [-0.2, 0) is 39.8 Å². The monoisotopic (exact) mass is 774 g/mol. The molecule has 55 heavy (non-hydrogen) atoms. The van der Waals surface area contributed by atoms with Crippen LogP contribution in [0.4, 0.5) is 0 Å². The summed E-state index contributed by atoms with van der Waals surface area (Å²) >= 11 is 0. The van der Waals surface area contributed by atoms with Gasteiger partial charge in [0.2, 0.25) is 17.7 Å². The lowest BCUT2D eigenvalue weighted by Gasteiger charge is -2.40. The second kappa shape index (κ2) is 23.3. The van der Waals surface area contributed by atoms with Gasteiger partial charge < -0.3 is 44.4 Å². The number of nitrogens with zero attached hydrogens (tertiary/aromatic N) is 5. The van der Waals surface area contributed by atoms with Crippen LogP contribution in [0.2, 0.25) is 0 Å². The lowest BCUT2D eigenvalue weighted by Crippen LogP contribution is -2.55. The molecule has 0 unspecified atom stereocenters. The highest BCUT2D eigenvalue weighted by Gasteiger charge is 2.43. The molecule has 3 amide bonds. The summed E-state index contributed by atoms with van der Waals surface area (Å²) in [7, 11) is 13.9. The molecule has 0 spiro atoms. The number of hydrogen-bond donors (Lipinski definition) is 2. The lowest BCUT2D eigenvalue weighted by atomic mass is 9.89. The first-order chi connectivity index (χ1) is 26.1. The molecule has 1 heterocycles. The Morgan fingerprint density at radius 1 is 0.982 bits per heavy atom. The van der Waals surface area contributed by atoms with Gasteiger partial charge in [-0.05, 0) is 37.3 Å². The van der Waals surface area contributed by atoms with E-state index in [1.54, 1.807) is 38.0 Å². The first-order valence-electron chi connectivity index (χ1n) is 19.7. The minimum Gasteiger partial charge on any atom is -0.467 e. The Kier molecular flexibility index (Phi) is 20.1. The second-order valence-electron chi connectivity index (χ2n) is 15.4. The highest BCUT2D eigenvalue weighted by atomic mass is 16.5. The summed E-state index contributed by atoms with van der Waals surface area (Å²) in [5, 5.41) is 6.04. The molecule has 312 valence electrons. The van der Waals surface area contributed by atoms with Crippen molar-refractivity contribution in [3.63, 3.8) is 0 Å². The number of carbonyl (C=O) groups is 4. The fourth-order valence-electron chi connectivity index (χ4n) is 7.55. The first kappa shape index (κ1) is 47.4. The number of esters is 1. The van der Waals surface area contributed by atoms with Gasteiger partial charge in [-0.15, -0.1) is 0 Å². The Hall–Kier alpha value is -3.75. The molecular weight excluding hydrogens is 702 g/mol. The van der Waals surface area contributed by atoms with Crippen molar-refractivity contribution < 1.29 is 33.4 Å². The first-order valence-corrected chi connectivity index (χ1v) is 19.7. The summed E-state index contributed by atoms with van der Waals surface area (Å²) in [5.41, 5.74) is 0.885. The molecule has 14 nitrogen and oxygen atoms in total. The van der Waals surface area contributed by atoms with Gasteiger partial charge in [-0.1, -0.05) is 71.4 Å². The summed E-state index contributed by atoms with van der Waals surface area (Å²) in [6.45, 7) is 11.9. The number of amides is 3. The fourth-order valence-corrected chi connectivity index (χ4v) is 7.55. The Morgan fingerprint density at radius 3 is 2.16 bits per heavy atom. The number of guanidine groups is 1. The van der Waals surface area contributed by atoms with Crippen LogP contribution >= 0.6 is 0 Å². The number of aliphatic imine (C=N–C) groups is 1. The largest absolute Gasteiger partial charge is 0.467 e. The van der Waals surface area contributed by atoms with Gasteiger partial charge in [-0.2, -0.15) is 0 Å². The van der Waals surface area contributed by atoms with Crippen LogP contribution < -0.4 is 10.6 Å². The standard InChI is InChI=1S/C41H71N7O7/c1-14-28(4)36(47(10)39(51)35(27(2)3)44-41(45(7)8)46(9)24-22-42-6)33(53-11)26-34(49)48-23-18-21-32(48)37(54-12)29(5)38(50)43-31(40(52)55-13)25-30-19-16-15-17-20-30/h15-17,19-20,27-29,31-33,35-37,42H,14,18,21-26H2,1-13H3,(H,43,50)/b44-41-/t28-,29+,31-,32-,33+,35-,36-,37+/m0/s1. The number of nitrogens with one attached hydrogen (secondary N) is 2. The molecule has 1 saturated heterocycles. The maximum atomic E-state index is 14.4. The molecule has 0 aliphatic carbocycles. The zero-order valence-electron chi connectivity index (χ0n) is 35.8. The minimum atomic E-state index is -0.879. The van der Waals surface area contributed by atoms with E-state index in [0.29, 0.717) is 18.9 Å².